The molecule has 0 aliphatic carbocycles. The minimum atomic E-state index is -1.16. The van der Waals surface area contributed by atoms with Crippen molar-refractivity contribution < 1.29 is 24.3 Å². The Morgan fingerprint density at radius 3 is 2.32 bits per heavy atom. The van der Waals surface area contributed by atoms with Crippen molar-refractivity contribution in [3.05, 3.63) is 36.0 Å². The molecule has 1 aromatic carbocycles. The van der Waals surface area contributed by atoms with E-state index in [1.54, 1.807) is 20.0 Å². The number of para-hydroxylation sites is 1. The first kappa shape index (κ1) is 33.4. The van der Waals surface area contributed by atoms with Gasteiger partial charge in [0, 0.05) is 30.1 Å². The second-order valence-electron chi connectivity index (χ2n) is 10.1. The predicted molar refractivity (Wildman–Crippen MR) is 161 cm³/mol. The minimum Gasteiger partial charge on any atom is -0.480 e. The van der Waals surface area contributed by atoms with E-state index in [1.807, 2.05) is 30.5 Å². The highest BCUT2D eigenvalue weighted by molar-refractivity contribution is 7.98. The van der Waals surface area contributed by atoms with Crippen molar-refractivity contribution >= 4 is 52.3 Å². The molecule has 0 aliphatic rings. The Balaban J connectivity index is 2.22. The van der Waals surface area contributed by atoms with Crippen LogP contribution in [0.4, 0.5) is 0 Å². The lowest BCUT2D eigenvalue weighted by atomic mass is 9.99. The summed E-state index contributed by atoms with van der Waals surface area (Å²) < 4.78 is 0. The molecule has 4 atom stereocenters. The SMILES string of the molecule is CSCCC(NC(=O)C(Cc1c[nH]c2ccccc12)NC(=O)C(NC(=O)C(N)CCCN=C(N)N)C(C)C)C(=O)O. The Hall–Kier alpha value is -3.78. The molecule has 13 nitrogen and oxygen atoms in total. The summed E-state index contributed by atoms with van der Waals surface area (Å²) in [6.45, 7) is 3.83. The number of rotatable bonds is 17. The molecular weight excluding hydrogens is 548 g/mol. The zero-order valence-corrected chi connectivity index (χ0v) is 24.5. The van der Waals surface area contributed by atoms with Gasteiger partial charge in [0.1, 0.15) is 18.1 Å². The third kappa shape index (κ3) is 10.6. The molecule has 0 bridgehead atoms. The standard InChI is InChI=1S/C27H42N8O5S/c1-15(2)22(35-23(36)18(28)8-6-11-31-27(29)30)25(38)34-21(24(37)33-20(26(39)40)10-12-41-3)13-16-14-32-19-9-5-4-7-17(16)19/h4-5,7,9,14-15,18,20-22,32H,6,8,10-13,28H2,1-3H3,(H,33,37)(H,34,38)(H,35,36)(H,39,40)(H4,29,30,31). The number of benzene rings is 1. The van der Waals surface area contributed by atoms with Gasteiger partial charge < -0.3 is 43.2 Å². The molecular formula is C27H42N8O5S. The van der Waals surface area contributed by atoms with Gasteiger partial charge in [-0.15, -0.1) is 0 Å². The van der Waals surface area contributed by atoms with E-state index in [4.69, 9.17) is 17.2 Å². The number of hydrogen-bond donors (Lipinski definition) is 8. The molecule has 226 valence electrons. The second-order valence-corrected chi connectivity index (χ2v) is 11.1. The molecule has 3 amide bonds. The zero-order chi connectivity index (χ0) is 30.5. The number of carbonyl (C=O) groups is 4. The first-order valence-corrected chi connectivity index (χ1v) is 14.8. The fourth-order valence-corrected chi connectivity index (χ4v) is 4.67. The van der Waals surface area contributed by atoms with E-state index in [-0.39, 0.29) is 24.7 Å². The fraction of sp³-hybridized carbons (Fsp3) is 0.519. The summed E-state index contributed by atoms with van der Waals surface area (Å²) >= 11 is 1.46. The molecule has 0 fully saturated rings. The molecule has 2 aromatic rings. The van der Waals surface area contributed by atoms with Crippen molar-refractivity contribution in [1.82, 2.24) is 20.9 Å². The van der Waals surface area contributed by atoms with Gasteiger partial charge in [-0.3, -0.25) is 19.4 Å². The van der Waals surface area contributed by atoms with Crippen LogP contribution in [-0.4, -0.2) is 82.5 Å². The Bertz CT molecular complexity index is 1210. The second kappa shape index (κ2) is 16.5. The number of nitrogens with one attached hydrogen (secondary N) is 4. The minimum absolute atomic E-state index is 0.0512. The van der Waals surface area contributed by atoms with E-state index in [1.165, 1.54) is 11.8 Å². The number of nitrogens with two attached hydrogens (primary N) is 3. The molecule has 0 spiro atoms. The van der Waals surface area contributed by atoms with Crippen LogP contribution in [0.1, 0.15) is 38.7 Å². The molecule has 41 heavy (non-hydrogen) atoms. The summed E-state index contributed by atoms with van der Waals surface area (Å²) in [7, 11) is 0. The number of aromatic amines is 1. The number of thioether (sulfide) groups is 1. The van der Waals surface area contributed by atoms with Crippen LogP contribution in [0.3, 0.4) is 0 Å². The van der Waals surface area contributed by atoms with Gasteiger partial charge >= 0.3 is 5.97 Å². The number of carboxylic acids is 1. The van der Waals surface area contributed by atoms with Crippen LogP contribution in [-0.2, 0) is 25.6 Å². The van der Waals surface area contributed by atoms with E-state index in [0.29, 0.717) is 25.1 Å². The monoisotopic (exact) mass is 590 g/mol. The van der Waals surface area contributed by atoms with Gasteiger partial charge in [0.25, 0.3) is 0 Å². The number of aromatic nitrogens is 1. The van der Waals surface area contributed by atoms with Gasteiger partial charge in [-0.25, -0.2) is 4.79 Å². The third-order valence-corrected chi connectivity index (χ3v) is 7.15. The van der Waals surface area contributed by atoms with Crippen molar-refractivity contribution in [2.24, 2.45) is 28.1 Å². The molecule has 11 N–H and O–H groups in total. The number of nitrogens with zero attached hydrogens (tertiary/aromatic N) is 1. The van der Waals surface area contributed by atoms with Gasteiger partial charge in [-0.05, 0) is 48.8 Å². The number of carboxylic acid groups (broad SMARTS) is 1. The van der Waals surface area contributed by atoms with Gasteiger partial charge in [0.05, 0.1) is 6.04 Å². The maximum atomic E-state index is 13.5. The van der Waals surface area contributed by atoms with Crippen molar-refractivity contribution in [3.63, 3.8) is 0 Å². The predicted octanol–water partition coefficient (Wildman–Crippen LogP) is 0.0394. The van der Waals surface area contributed by atoms with Crippen LogP contribution in [0.2, 0.25) is 0 Å². The third-order valence-electron chi connectivity index (χ3n) is 6.51. The Kier molecular flexibility index (Phi) is 13.4. The Labute approximate surface area is 243 Å². The first-order valence-electron chi connectivity index (χ1n) is 13.4. The van der Waals surface area contributed by atoms with Crippen molar-refractivity contribution in [2.75, 3.05) is 18.6 Å². The Morgan fingerprint density at radius 1 is 1.00 bits per heavy atom. The summed E-state index contributed by atoms with van der Waals surface area (Å²) in [5.74, 6) is -2.76. The summed E-state index contributed by atoms with van der Waals surface area (Å²) in [5.41, 5.74) is 18.3. The van der Waals surface area contributed by atoms with Crippen LogP contribution >= 0.6 is 11.8 Å². The quantitative estimate of drug-likeness (QED) is 0.0705. The molecule has 2 rings (SSSR count). The van der Waals surface area contributed by atoms with Gasteiger partial charge in [0.15, 0.2) is 5.96 Å². The number of guanidine groups is 1. The molecule has 0 saturated carbocycles. The number of H-pyrrole nitrogens is 1. The van der Waals surface area contributed by atoms with Crippen LogP contribution < -0.4 is 33.2 Å². The van der Waals surface area contributed by atoms with E-state index in [9.17, 15) is 24.3 Å². The number of amides is 3. The highest BCUT2D eigenvalue weighted by Gasteiger charge is 2.32. The van der Waals surface area contributed by atoms with E-state index in [0.717, 1.165) is 16.5 Å². The number of aliphatic carboxylic acids is 1. The molecule has 0 saturated heterocycles. The fourth-order valence-electron chi connectivity index (χ4n) is 4.20. The van der Waals surface area contributed by atoms with Crippen molar-refractivity contribution in [3.8, 4) is 0 Å². The summed E-state index contributed by atoms with van der Waals surface area (Å²) in [5, 5.41) is 18.5. The van der Waals surface area contributed by atoms with Gasteiger partial charge in [0.2, 0.25) is 17.7 Å². The molecule has 1 aromatic heterocycles. The molecule has 0 radical (unpaired) electrons. The Morgan fingerprint density at radius 2 is 1.68 bits per heavy atom. The first-order chi connectivity index (χ1) is 19.4. The summed E-state index contributed by atoms with van der Waals surface area (Å²) in [6, 6.07) is 3.41. The smallest absolute Gasteiger partial charge is 0.326 e. The van der Waals surface area contributed by atoms with Gasteiger partial charge in [-0.1, -0.05) is 32.0 Å². The summed E-state index contributed by atoms with van der Waals surface area (Å²) in [4.78, 5) is 58.4. The zero-order valence-electron chi connectivity index (χ0n) is 23.7. The van der Waals surface area contributed by atoms with Crippen molar-refractivity contribution in [1.29, 1.82) is 0 Å². The van der Waals surface area contributed by atoms with Gasteiger partial charge in [-0.2, -0.15) is 11.8 Å². The number of fused-ring (bicyclic) bond motifs is 1. The normalized spacial score (nSPS) is 14.1. The molecule has 14 heteroatoms. The van der Waals surface area contributed by atoms with Crippen LogP contribution in [0.15, 0.2) is 35.5 Å². The van der Waals surface area contributed by atoms with E-state index >= 15 is 0 Å². The topological polar surface area (TPSA) is 231 Å². The molecule has 4 unspecified atom stereocenters. The average molecular weight is 591 g/mol. The maximum absolute atomic E-state index is 13.5. The van der Waals surface area contributed by atoms with E-state index in [2.05, 4.69) is 25.9 Å². The molecule has 1 heterocycles. The number of hydrogen-bond acceptors (Lipinski definition) is 7. The highest BCUT2D eigenvalue weighted by Crippen LogP contribution is 2.19. The maximum Gasteiger partial charge on any atom is 0.326 e. The molecule has 0 aliphatic heterocycles. The summed E-state index contributed by atoms with van der Waals surface area (Å²) in [6.07, 6.45) is 4.69. The number of carbonyl (C=O) groups excluding carboxylic acids is 3. The van der Waals surface area contributed by atoms with Crippen molar-refractivity contribution in [2.45, 2.75) is 63.7 Å². The lowest BCUT2D eigenvalue weighted by Crippen LogP contribution is -2.58. The van der Waals surface area contributed by atoms with E-state index < -0.39 is 47.9 Å². The highest BCUT2D eigenvalue weighted by atomic mass is 32.2. The van der Waals surface area contributed by atoms with Crippen LogP contribution in [0.5, 0.6) is 0 Å². The van der Waals surface area contributed by atoms with Crippen LogP contribution in [0, 0.1) is 5.92 Å². The largest absolute Gasteiger partial charge is 0.480 e. The lowest BCUT2D eigenvalue weighted by Gasteiger charge is -2.27. The average Bonchev–Trinajstić information content (AvgIpc) is 3.33. The lowest BCUT2D eigenvalue weighted by molar-refractivity contribution is -0.142. The number of aliphatic imine (C=N–C) groups is 1. The van der Waals surface area contributed by atoms with Crippen LogP contribution in [0.25, 0.3) is 10.9 Å².